The number of allylic oxidation sites excluding steroid dienone is 1. The molecule has 1 nitrogen and oxygen atoms in total. The molecule has 15 heavy (non-hydrogen) atoms. The van der Waals surface area contributed by atoms with Crippen LogP contribution in [0.2, 0.25) is 0 Å². The molecule has 80 valence electrons. The zero-order valence-electron chi connectivity index (χ0n) is 9.59. The van der Waals surface area contributed by atoms with E-state index in [0.717, 1.165) is 0 Å². The molecule has 0 aliphatic heterocycles. The Hall–Kier alpha value is -1.50. The summed E-state index contributed by atoms with van der Waals surface area (Å²) in [4.78, 5) is 3.27. The van der Waals surface area contributed by atoms with E-state index >= 15 is 0 Å². The van der Waals surface area contributed by atoms with E-state index in [-0.39, 0.29) is 0 Å². The molecular weight excluding hydrogens is 182 g/mol. The number of benzene rings is 1. The highest BCUT2D eigenvalue weighted by Gasteiger charge is 1.99. The maximum absolute atomic E-state index is 3.36. The third kappa shape index (κ3) is 2.98. The van der Waals surface area contributed by atoms with Crippen molar-refractivity contribution in [2.45, 2.75) is 26.7 Å². The molecule has 0 saturated carbocycles. The van der Waals surface area contributed by atoms with Gasteiger partial charge in [0.2, 0.25) is 0 Å². The monoisotopic (exact) mass is 201 g/mol. The second kappa shape index (κ2) is 6.07. The van der Waals surface area contributed by atoms with Gasteiger partial charge in [0.1, 0.15) is 0 Å². The quantitative estimate of drug-likeness (QED) is 0.697. The van der Waals surface area contributed by atoms with Crippen molar-refractivity contribution in [3.8, 4) is 0 Å². The maximum atomic E-state index is 3.36. The summed E-state index contributed by atoms with van der Waals surface area (Å²) < 4.78 is 0. The number of para-hydroxylation sites is 1. The summed E-state index contributed by atoms with van der Waals surface area (Å²) in [5.74, 6) is 0. The van der Waals surface area contributed by atoms with Crippen molar-refractivity contribution in [1.29, 1.82) is 0 Å². The van der Waals surface area contributed by atoms with Crippen molar-refractivity contribution < 1.29 is 0 Å². The number of H-pyrrole nitrogens is 1. The number of aryl methyl sites for hydroxylation is 1. The predicted octanol–water partition coefficient (Wildman–Crippen LogP) is 4.31. The Labute approximate surface area is 91.8 Å². The number of rotatable bonds is 2. The zero-order chi connectivity index (χ0) is 11.1. The van der Waals surface area contributed by atoms with Crippen LogP contribution in [0, 0.1) is 0 Å². The molecule has 0 atom stereocenters. The van der Waals surface area contributed by atoms with Crippen LogP contribution >= 0.6 is 0 Å². The highest BCUT2D eigenvalue weighted by molar-refractivity contribution is 5.82. The molecule has 0 fully saturated rings. The maximum Gasteiger partial charge on any atom is 0.0456 e. The Morgan fingerprint density at radius 2 is 2.00 bits per heavy atom. The third-order valence-corrected chi connectivity index (χ3v) is 2.19. The van der Waals surface area contributed by atoms with E-state index in [1.54, 1.807) is 6.08 Å². The Bertz CT molecular complexity index is 412. The fourth-order valence-corrected chi connectivity index (χ4v) is 1.61. The third-order valence-electron chi connectivity index (χ3n) is 2.19. The second-order valence-corrected chi connectivity index (χ2v) is 3.52. The largest absolute Gasteiger partial charge is 0.361 e. The number of aromatic amines is 1. The summed E-state index contributed by atoms with van der Waals surface area (Å²) in [6.07, 6.45) is 6.25. The second-order valence-electron chi connectivity index (χ2n) is 3.52. The summed E-state index contributed by atoms with van der Waals surface area (Å²) in [6, 6.07) is 8.45. The summed E-state index contributed by atoms with van der Waals surface area (Å²) >= 11 is 0. The molecule has 1 aromatic heterocycles. The van der Waals surface area contributed by atoms with Crippen LogP contribution in [0.4, 0.5) is 0 Å². The lowest BCUT2D eigenvalue weighted by Gasteiger charge is -1.93. The van der Waals surface area contributed by atoms with Crippen molar-refractivity contribution in [3.63, 3.8) is 0 Å². The van der Waals surface area contributed by atoms with Crippen LogP contribution in [0.5, 0.6) is 0 Å². The minimum atomic E-state index is 1.17. The van der Waals surface area contributed by atoms with E-state index < -0.39 is 0 Å². The molecule has 0 unspecified atom stereocenters. The van der Waals surface area contributed by atoms with Gasteiger partial charge in [0.05, 0.1) is 0 Å². The highest BCUT2D eigenvalue weighted by atomic mass is 14.7. The molecule has 1 aromatic carbocycles. The molecule has 0 aliphatic carbocycles. The summed E-state index contributed by atoms with van der Waals surface area (Å²) in [6.45, 7) is 7.46. The van der Waals surface area contributed by atoms with Crippen LogP contribution < -0.4 is 0 Å². The summed E-state index contributed by atoms with van der Waals surface area (Å²) in [7, 11) is 0. The lowest BCUT2D eigenvalue weighted by Crippen LogP contribution is -1.77. The van der Waals surface area contributed by atoms with Gasteiger partial charge >= 0.3 is 0 Å². The molecule has 0 bridgehead atoms. The molecular formula is C14H19N. The average Bonchev–Trinajstić information content (AvgIpc) is 2.64. The SMILES string of the molecule is C=CC.CCCc1c[nH]c2ccccc12. The van der Waals surface area contributed by atoms with Gasteiger partial charge in [-0.25, -0.2) is 0 Å². The molecule has 0 saturated heterocycles. The van der Waals surface area contributed by atoms with E-state index in [0.29, 0.717) is 0 Å². The Kier molecular flexibility index (Phi) is 4.69. The Morgan fingerprint density at radius 1 is 1.33 bits per heavy atom. The van der Waals surface area contributed by atoms with E-state index in [9.17, 15) is 0 Å². The minimum Gasteiger partial charge on any atom is -0.361 e. The molecule has 2 rings (SSSR count). The first-order valence-electron chi connectivity index (χ1n) is 5.45. The first-order valence-corrected chi connectivity index (χ1v) is 5.45. The molecule has 0 spiro atoms. The number of aromatic nitrogens is 1. The van der Waals surface area contributed by atoms with Gasteiger partial charge in [0, 0.05) is 17.1 Å². The number of hydrogen-bond acceptors (Lipinski definition) is 0. The van der Waals surface area contributed by atoms with Crippen LogP contribution in [0.15, 0.2) is 43.1 Å². The average molecular weight is 201 g/mol. The number of hydrogen-bond donors (Lipinski definition) is 1. The lowest BCUT2D eigenvalue weighted by atomic mass is 10.1. The van der Waals surface area contributed by atoms with E-state index in [1.165, 1.54) is 29.3 Å². The molecule has 0 amide bonds. The van der Waals surface area contributed by atoms with Crippen molar-refractivity contribution in [1.82, 2.24) is 4.98 Å². The van der Waals surface area contributed by atoms with Crippen LogP contribution in [-0.2, 0) is 6.42 Å². The molecule has 0 aliphatic rings. The van der Waals surface area contributed by atoms with Gasteiger partial charge in [-0.15, -0.1) is 6.58 Å². The molecule has 0 radical (unpaired) electrons. The molecule has 2 aromatic rings. The van der Waals surface area contributed by atoms with E-state index in [1.807, 2.05) is 6.92 Å². The minimum absolute atomic E-state index is 1.17. The molecule has 1 heteroatoms. The van der Waals surface area contributed by atoms with Gasteiger partial charge < -0.3 is 4.98 Å². The van der Waals surface area contributed by atoms with Crippen molar-refractivity contribution >= 4 is 10.9 Å². The fraction of sp³-hybridized carbons (Fsp3) is 0.286. The Morgan fingerprint density at radius 3 is 2.67 bits per heavy atom. The van der Waals surface area contributed by atoms with Crippen LogP contribution in [0.25, 0.3) is 10.9 Å². The normalized spacial score (nSPS) is 9.47. The van der Waals surface area contributed by atoms with Crippen LogP contribution in [-0.4, -0.2) is 4.98 Å². The predicted molar refractivity (Wildman–Crippen MR) is 68.2 cm³/mol. The zero-order valence-corrected chi connectivity index (χ0v) is 9.59. The van der Waals surface area contributed by atoms with Gasteiger partial charge in [-0.2, -0.15) is 0 Å². The van der Waals surface area contributed by atoms with Gasteiger partial charge in [-0.05, 0) is 25.0 Å². The lowest BCUT2D eigenvalue weighted by molar-refractivity contribution is 0.929. The van der Waals surface area contributed by atoms with Crippen LogP contribution in [0.3, 0.4) is 0 Å². The topological polar surface area (TPSA) is 15.8 Å². The van der Waals surface area contributed by atoms with Gasteiger partial charge in [0.25, 0.3) is 0 Å². The molecule has 1 heterocycles. The summed E-state index contributed by atoms with van der Waals surface area (Å²) in [5.41, 5.74) is 2.69. The van der Waals surface area contributed by atoms with Crippen LogP contribution in [0.1, 0.15) is 25.8 Å². The first-order chi connectivity index (χ1) is 7.33. The van der Waals surface area contributed by atoms with Crippen molar-refractivity contribution in [2.24, 2.45) is 0 Å². The number of fused-ring (bicyclic) bond motifs is 1. The van der Waals surface area contributed by atoms with E-state index in [4.69, 9.17) is 0 Å². The fourth-order valence-electron chi connectivity index (χ4n) is 1.61. The van der Waals surface area contributed by atoms with Crippen molar-refractivity contribution in [2.75, 3.05) is 0 Å². The first kappa shape index (κ1) is 11.6. The van der Waals surface area contributed by atoms with Crippen molar-refractivity contribution in [3.05, 3.63) is 48.7 Å². The smallest absolute Gasteiger partial charge is 0.0456 e. The molecule has 1 N–H and O–H groups in total. The highest BCUT2D eigenvalue weighted by Crippen LogP contribution is 2.18. The summed E-state index contributed by atoms with van der Waals surface area (Å²) in [5, 5.41) is 1.37. The standard InChI is InChI=1S/C11H13N.C3H6/c1-2-5-9-8-12-11-7-4-3-6-10(9)11;1-3-2/h3-4,6-8,12H,2,5H2,1H3;3H,1H2,2H3. The van der Waals surface area contributed by atoms with Gasteiger partial charge in [-0.3, -0.25) is 0 Å². The van der Waals surface area contributed by atoms with Gasteiger partial charge in [0.15, 0.2) is 0 Å². The number of nitrogens with one attached hydrogen (secondary N) is 1. The van der Waals surface area contributed by atoms with Gasteiger partial charge in [-0.1, -0.05) is 37.6 Å². The Balaban J connectivity index is 0.000000337. The van der Waals surface area contributed by atoms with E-state index in [2.05, 4.69) is 48.9 Å².